The Hall–Kier alpha value is -3.90. The Morgan fingerprint density at radius 3 is 2.57 bits per heavy atom. The smallest absolute Gasteiger partial charge is 0.412 e. The summed E-state index contributed by atoms with van der Waals surface area (Å²) in [4.78, 5) is 23.2. The number of aromatic hydroxyl groups is 1. The molecule has 2 amide bonds. The van der Waals surface area contributed by atoms with Gasteiger partial charge in [0.2, 0.25) is 0 Å². The lowest BCUT2D eigenvalue weighted by atomic mass is 10.1. The normalized spacial score (nSPS) is 11.5. The van der Waals surface area contributed by atoms with Gasteiger partial charge in [-0.2, -0.15) is 5.26 Å². The molecule has 0 aromatic heterocycles. The van der Waals surface area contributed by atoms with Crippen molar-refractivity contribution in [3.63, 3.8) is 0 Å². The van der Waals surface area contributed by atoms with Gasteiger partial charge in [0, 0.05) is 18.2 Å². The van der Waals surface area contributed by atoms with Crippen LogP contribution in [0.4, 0.5) is 14.9 Å². The summed E-state index contributed by atoms with van der Waals surface area (Å²) in [5.74, 6) is -2.23. The highest BCUT2D eigenvalue weighted by Crippen LogP contribution is 2.26. The van der Waals surface area contributed by atoms with Crippen molar-refractivity contribution < 1.29 is 29.0 Å². The fourth-order valence-corrected chi connectivity index (χ4v) is 2.22. The van der Waals surface area contributed by atoms with Crippen LogP contribution in [-0.2, 0) is 9.53 Å². The lowest BCUT2D eigenvalue weighted by Crippen LogP contribution is -2.18. The van der Waals surface area contributed by atoms with Crippen molar-refractivity contribution in [1.29, 1.82) is 5.26 Å². The molecular formula is C19H16FN3O5. The van der Waals surface area contributed by atoms with Crippen molar-refractivity contribution in [3.05, 3.63) is 71.6 Å². The molecular weight excluding hydrogens is 369 g/mol. The zero-order valence-corrected chi connectivity index (χ0v) is 14.4. The van der Waals surface area contributed by atoms with Gasteiger partial charge in [0.25, 0.3) is 5.91 Å². The van der Waals surface area contributed by atoms with Crippen LogP contribution in [-0.4, -0.2) is 22.3 Å². The Labute approximate surface area is 159 Å². The zero-order valence-electron chi connectivity index (χ0n) is 14.4. The van der Waals surface area contributed by atoms with Crippen LogP contribution in [0, 0.1) is 17.1 Å². The highest BCUT2D eigenvalue weighted by molar-refractivity contribution is 5.86. The summed E-state index contributed by atoms with van der Waals surface area (Å²) >= 11 is 0. The molecule has 2 aromatic rings. The molecule has 8 nitrogen and oxygen atoms in total. The number of halogens is 1. The van der Waals surface area contributed by atoms with Crippen molar-refractivity contribution in [3.8, 4) is 11.8 Å². The number of hydrogen-bond acceptors (Lipinski definition) is 6. The predicted octanol–water partition coefficient (Wildman–Crippen LogP) is 3.14. The van der Waals surface area contributed by atoms with Gasteiger partial charge in [-0.15, -0.1) is 0 Å². The number of carbonyl (C=O) groups is 2. The number of phenolic OH excluding ortho intramolecular Hbond substituents is 1. The van der Waals surface area contributed by atoms with Gasteiger partial charge in [-0.05, 0) is 42.0 Å². The summed E-state index contributed by atoms with van der Waals surface area (Å²) in [5.41, 5.74) is 2.47. The molecule has 9 heteroatoms. The second kappa shape index (κ2) is 9.70. The van der Waals surface area contributed by atoms with Crippen molar-refractivity contribution in [1.82, 2.24) is 5.48 Å². The summed E-state index contributed by atoms with van der Waals surface area (Å²) in [5, 5.41) is 29.0. The fourth-order valence-electron chi connectivity index (χ4n) is 2.22. The van der Waals surface area contributed by atoms with Crippen LogP contribution in [0.15, 0.2) is 54.6 Å². The highest BCUT2D eigenvalue weighted by Gasteiger charge is 2.18. The second-order valence-electron chi connectivity index (χ2n) is 5.53. The number of hydroxylamine groups is 1. The number of anilines is 1. The predicted molar refractivity (Wildman–Crippen MR) is 95.8 cm³/mol. The van der Waals surface area contributed by atoms with E-state index in [0.717, 1.165) is 18.2 Å². The zero-order chi connectivity index (χ0) is 20.5. The summed E-state index contributed by atoms with van der Waals surface area (Å²) in [7, 11) is 0. The third kappa shape index (κ3) is 5.82. The summed E-state index contributed by atoms with van der Waals surface area (Å²) < 4.78 is 19.0. The number of hydrogen-bond donors (Lipinski definition) is 4. The first kappa shape index (κ1) is 20.4. The van der Waals surface area contributed by atoms with Gasteiger partial charge in [-0.3, -0.25) is 15.3 Å². The maximum Gasteiger partial charge on any atom is 0.412 e. The minimum atomic E-state index is -0.976. The van der Waals surface area contributed by atoms with E-state index in [9.17, 15) is 19.1 Å². The number of ether oxygens (including phenoxy) is 1. The van der Waals surface area contributed by atoms with Gasteiger partial charge >= 0.3 is 6.09 Å². The molecule has 0 radical (unpaired) electrons. The standard InChI is InChI=1S/C19H16FN3O5/c20-15-10-13(6-9-16(15)24)17(2-1-3-18(25)23-27)28-19(26)22-14-7-4-12(11-21)5-8-14/h1,3-10,17,24,27H,2H2,(H,22,26)(H,23,25)/b3-1+/t17-/m1/s1. The van der Waals surface area contributed by atoms with Gasteiger partial charge in [-0.1, -0.05) is 12.1 Å². The molecule has 144 valence electrons. The molecule has 0 aliphatic rings. The molecule has 4 N–H and O–H groups in total. The number of nitrogens with zero attached hydrogens (tertiary/aromatic N) is 1. The first-order valence-corrected chi connectivity index (χ1v) is 7.99. The van der Waals surface area contributed by atoms with E-state index in [-0.39, 0.29) is 12.0 Å². The minimum absolute atomic E-state index is 0.00156. The molecule has 0 saturated carbocycles. The maximum atomic E-state index is 13.7. The lowest BCUT2D eigenvalue weighted by molar-refractivity contribution is -0.124. The summed E-state index contributed by atoms with van der Waals surface area (Å²) in [6.07, 6.45) is 0.527. The Kier molecular flexibility index (Phi) is 7.07. The molecule has 1 atom stereocenters. The van der Waals surface area contributed by atoms with Crippen molar-refractivity contribution in [2.75, 3.05) is 5.32 Å². The van der Waals surface area contributed by atoms with Crippen molar-refractivity contribution in [2.24, 2.45) is 0 Å². The Morgan fingerprint density at radius 1 is 1.25 bits per heavy atom. The van der Waals surface area contributed by atoms with Crippen LogP contribution >= 0.6 is 0 Å². The first-order valence-electron chi connectivity index (χ1n) is 7.99. The third-order valence-corrected chi connectivity index (χ3v) is 3.58. The average molecular weight is 385 g/mol. The molecule has 0 aliphatic heterocycles. The highest BCUT2D eigenvalue weighted by atomic mass is 19.1. The average Bonchev–Trinajstić information content (AvgIpc) is 2.69. The van der Waals surface area contributed by atoms with E-state index < -0.39 is 29.7 Å². The Bertz CT molecular complexity index is 922. The second-order valence-corrected chi connectivity index (χ2v) is 5.53. The van der Waals surface area contributed by atoms with E-state index in [1.807, 2.05) is 6.07 Å². The molecule has 2 rings (SSSR count). The molecule has 0 saturated heterocycles. The monoisotopic (exact) mass is 385 g/mol. The maximum absolute atomic E-state index is 13.7. The number of rotatable bonds is 6. The lowest BCUT2D eigenvalue weighted by Gasteiger charge is -2.18. The largest absolute Gasteiger partial charge is 0.505 e. The van der Waals surface area contributed by atoms with E-state index >= 15 is 0 Å². The first-order chi connectivity index (χ1) is 13.4. The van der Waals surface area contributed by atoms with Gasteiger partial charge in [0.1, 0.15) is 6.10 Å². The van der Waals surface area contributed by atoms with Crippen molar-refractivity contribution >= 4 is 17.7 Å². The van der Waals surface area contributed by atoms with Crippen LogP contribution in [0.5, 0.6) is 5.75 Å². The van der Waals surface area contributed by atoms with Gasteiger partial charge in [-0.25, -0.2) is 14.7 Å². The third-order valence-electron chi connectivity index (χ3n) is 3.58. The number of nitrogens with one attached hydrogen (secondary N) is 2. The van der Waals surface area contributed by atoms with E-state index in [1.54, 1.807) is 0 Å². The van der Waals surface area contributed by atoms with Gasteiger partial charge in [0.15, 0.2) is 11.6 Å². The number of carbonyl (C=O) groups excluding carboxylic acids is 2. The molecule has 0 bridgehead atoms. The Morgan fingerprint density at radius 2 is 1.96 bits per heavy atom. The molecule has 0 heterocycles. The molecule has 0 aliphatic carbocycles. The van der Waals surface area contributed by atoms with E-state index in [0.29, 0.717) is 11.3 Å². The molecule has 0 spiro atoms. The fraction of sp³-hybridized carbons (Fsp3) is 0.105. The number of amides is 2. The van der Waals surface area contributed by atoms with E-state index in [4.69, 9.17) is 15.2 Å². The number of nitriles is 1. The summed E-state index contributed by atoms with van der Waals surface area (Å²) in [6.45, 7) is 0. The van der Waals surface area contributed by atoms with Crippen LogP contribution in [0.2, 0.25) is 0 Å². The van der Waals surface area contributed by atoms with Crippen LogP contribution in [0.1, 0.15) is 23.7 Å². The SMILES string of the molecule is N#Cc1ccc(NC(=O)O[C@H](C/C=C/C(=O)NO)c2ccc(O)c(F)c2)cc1. The molecule has 0 fully saturated rings. The quantitative estimate of drug-likeness (QED) is 0.343. The van der Waals surface area contributed by atoms with Gasteiger partial charge < -0.3 is 9.84 Å². The van der Waals surface area contributed by atoms with Gasteiger partial charge in [0.05, 0.1) is 11.6 Å². The molecule has 2 aromatic carbocycles. The minimum Gasteiger partial charge on any atom is -0.505 e. The Balaban J connectivity index is 2.13. The topological polar surface area (TPSA) is 132 Å². The molecule has 0 unspecified atom stereocenters. The van der Waals surface area contributed by atoms with Crippen LogP contribution in [0.25, 0.3) is 0 Å². The van der Waals surface area contributed by atoms with E-state index in [2.05, 4.69) is 5.32 Å². The molecule has 28 heavy (non-hydrogen) atoms. The van der Waals surface area contributed by atoms with E-state index in [1.165, 1.54) is 41.9 Å². The van der Waals surface area contributed by atoms with Crippen LogP contribution in [0.3, 0.4) is 0 Å². The number of benzene rings is 2. The number of phenols is 1. The summed E-state index contributed by atoms with van der Waals surface area (Å²) in [6, 6.07) is 11.5. The van der Waals surface area contributed by atoms with Crippen molar-refractivity contribution in [2.45, 2.75) is 12.5 Å². The van der Waals surface area contributed by atoms with Crippen LogP contribution < -0.4 is 10.8 Å².